The van der Waals surface area contributed by atoms with Crippen LogP contribution in [-0.4, -0.2) is 5.11 Å². The first-order chi connectivity index (χ1) is 8.95. The van der Waals surface area contributed by atoms with Gasteiger partial charge in [0.05, 0.1) is 11.5 Å². The summed E-state index contributed by atoms with van der Waals surface area (Å²) in [5.41, 5.74) is -1.03. The molecule has 0 radical (unpaired) electrons. The number of nitriles is 1. The van der Waals surface area contributed by atoms with Gasteiger partial charge in [0, 0.05) is 5.02 Å². The summed E-state index contributed by atoms with van der Waals surface area (Å²) in [4.78, 5) is 0. The third-order valence-electron chi connectivity index (χ3n) is 4.75. The summed E-state index contributed by atoms with van der Waals surface area (Å²) in [5.74, 6) is 0.540. The van der Waals surface area contributed by atoms with E-state index in [9.17, 15) is 10.4 Å². The lowest BCUT2D eigenvalue weighted by atomic mass is 9.68. The molecule has 0 saturated heterocycles. The summed E-state index contributed by atoms with van der Waals surface area (Å²) in [5, 5.41) is 21.3. The summed E-state index contributed by atoms with van der Waals surface area (Å²) in [6, 6.07) is 9.59. The van der Waals surface area contributed by atoms with Crippen LogP contribution in [0.1, 0.15) is 45.1 Å². The molecule has 0 amide bonds. The molecular weight excluding hydrogens is 258 g/mol. The summed E-state index contributed by atoms with van der Waals surface area (Å²) in [6.45, 7) is 3.91. The molecular formula is C16H20ClNO. The Kier molecular flexibility index (Phi) is 3.90. The second-order valence-electron chi connectivity index (χ2n) is 5.79. The molecule has 1 aliphatic rings. The number of hydrogen-bond donors (Lipinski definition) is 1. The van der Waals surface area contributed by atoms with Crippen LogP contribution in [0.4, 0.5) is 0 Å². The first-order valence-corrected chi connectivity index (χ1v) is 7.22. The minimum atomic E-state index is -1.13. The lowest BCUT2D eigenvalue weighted by Crippen LogP contribution is -2.41. The van der Waals surface area contributed by atoms with Gasteiger partial charge >= 0.3 is 0 Å². The number of nitrogens with zero attached hydrogens (tertiary/aromatic N) is 1. The van der Waals surface area contributed by atoms with Crippen LogP contribution < -0.4 is 0 Å². The van der Waals surface area contributed by atoms with E-state index in [4.69, 9.17) is 11.6 Å². The Hall–Kier alpha value is -1.04. The van der Waals surface area contributed by atoms with Gasteiger partial charge in [0.25, 0.3) is 0 Å². The third-order valence-corrected chi connectivity index (χ3v) is 5.00. The van der Waals surface area contributed by atoms with Crippen LogP contribution in [0.3, 0.4) is 0 Å². The van der Waals surface area contributed by atoms with Crippen molar-refractivity contribution in [2.45, 2.75) is 45.1 Å². The summed E-state index contributed by atoms with van der Waals surface area (Å²) >= 11 is 5.89. The van der Waals surface area contributed by atoms with E-state index in [-0.39, 0.29) is 0 Å². The van der Waals surface area contributed by atoms with Crippen LogP contribution >= 0.6 is 11.6 Å². The van der Waals surface area contributed by atoms with Gasteiger partial charge in [0.1, 0.15) is 5.60 Å². The van der Waals surface area contributed by atoms with E-state index >= 15 is 0 Å². The Labute approximate surface area is 120 Å². The van der Waals surface area contributed by atoms with Gasteiger partial charge in [-0.15, -0.1) is 0 Å². The largest absolute Gasteiger partial charge is 0.384 e. The quantitative estimate of drug-likeness (QED) is 0.897. The lowest BCUT2D eigenvalue weighted by Gasteiger charge is -2.38. The van der Waals surface area contributed by atoms with Crippen LogP contribution in [0.5, 0.6) is 0 Å². The van der Waals surface area contributed by atoms with Crippen molar-refractivity contribution in [3.05, 3.63) is 34.9 Å². The van der Waals surface area contributed by atoms with Crippen molar-refractivity contribution in [1.29, 1.82) is 5.26 Å². The molecule has 0 aliphatic heterocycles. The van der Waals surface area contributed by atoms with Crippen molar-refractivity contribution in [3.8, 4) is 6.07 Å². The van der Waals surface area contributed by atoms with Gasteiger partial charge in [-0.2, -0.15) is 5.26 Å². The zero-order valence-electron chi connectivity index (χ0n) is 11.5. The molecule has 3 heteroatoms. The average Bonchev–Trinajstić information content (AvgIpc) is 2.84. The second-order valence-corrected chi connectivity index (χ2v) is 6.23. The van der Waals surface area contributed by atoms with Crippen LogP contribution in [0, 0.1) is 22.7 Å². The van der Waals surface area contributed by atoms with Crippen LogP contribution in [0.2, 0.25) is 5.02 Å². The van der Waals surface area contributed by atoms with Crippen molar-refractivity contribution < 1.29 is 5.11 Å². The number of halogens is 1. The van der Waals surface area contributed by atoms with Gasteiger partial charge in [-0.05, 0) is 49.8 Å². The first-order valence-electron chi connectivity index (χ1n) is 6.85. The molecule has 1 aromatic carbocycles. The van der Waals surface area contributed by atoms with Crippen molar-refractivity contribution in [3.63, 3.8) is 0 Å². The molecule has 102 valence electrons. The summed E-state index contributed by atoms with van der Waals surface area (Å²) < 4.78 is 0. The van der Waals surface area contributed by atoms with Crippen LogP contribution in [-0.2, 0) is 5.60 Å². The Morgan fingerprint density at radius 1 is 1.47 bits per heavy atom. The average molecular weight is 278 g/mol. The predicted molar refractivity (Wildman–Crippen MR) is 76.7 cm³/mol. The molecule has 1 aromatic rings. The highest BCUT2D eigenvalue weighted by Gasteiger charge is 2.52. The fraction of sp³-hybridized carbons (Fsp3) is 0.562. The van der Waals surface area contributed by atoms with Gasteiger partial charge in [-0.1, -0.05) is 37.1 Å². The molecule has 2 rings (SSSR count). The predicted octanol–water partition coefficient (Wildman–Crippen LogP) is 4.27. The van der Waals surface area contributed by atoms with Crippen LogP contribution in [0.15, 0.2) is 24.3 Å². The Bertz CT molecular complexity index is 488. The van der Waals surface area contributed by atoms with Crippen molar-refractivity contribution in [2.75, 3.05) is 0 Å². The van der Waals surface area contributed by atoms with E-state index in [2.05, 4.69) is 13.0 Å². The van der Waals surface area contributed by atoms with E-state index < -0.39 is 11.0 Å². The minimum Gasteiger partial charge on any atom is -0.384 e. The van der Waals surface area contributed by atoms with Gasteiger partial charge in [-0.3, -0.25) is 0 Å². The van der Waals surface area contributed by atoms with Gasteiger partial charge < -0.3 is 5.11 Å². The molecule has 0 spiro atoms. The number of rotatable bonds is 3. The highest BCUT2D eigenvalue weighted by Crippen LogP contribution is 2.53. The fourth-order valence-electron chi connectivity index (χ4n) is 3.20. The van der Waals surface area contributed by atoms with Crippen LogP contribution in [0.25, 0.3) is 0 Å². The maximum absolute atomic E-state index is 11.0. The standard InChI is InChI=1S/C16H20ClNO/c1-3-12-8-9-16(10-12,11-18)15(2,19)13-4-6-14(17)7-5-13/h4-7,12,19H,3,8-10H2,1-2H3. The van der Waals surface area contributed by atoms with E-state index in [0.29, 0.717) is 10.9 Å². The molecule has 1 N–H and O–H groups in total. The molecule has 19 heavy (non-hydrogen) atoms. The van der Waals surface area contributed by atoms with Gasteiger partial charge in [0.15, 0.2) is 0 Å². The Morgan fingerprint density at radius 2 is 2.11 bits per heavy atom. The highest BCUT2D eigenvalue weighted by atomic mass is 35.5. The molecule has 3 unspecified atom stereocenters. The maximum Gasteiger partial charge on any atom is 0.105 e. The van der Waals surface area contributed by atoms with E-state index in [1.165, 1.54) is 0 Å². The van der Waals surface area contributed by atoms with Gasteiger partial charge in [0.2, 0.25) is 0 Å². The maximum atomic E-state index is 11.0. The first kappa shape index (κ1) is 14.4. The molecule has 0 aromatic heterocycles. The highest BCUT2D eigenvalue weighted by molar-refractivity contribution is 6.30. The molecule has 0 heterocycles. The Balaban J connectivity index is 2.37. The van der Waals surface area contributed by atoms with Crippen molar-refractivity contribution >= 4 is 11.6 Å². The minimum absolute atomic E-state index is 0.540. The molecule has 2 nitrogen and oxygen atoms in total. The Morgan fingerprint density at radius 3 is 2.58 bits per heavy atom. The lowest BCUT2D eigenvalue weighted by molar-refractivity contribution is -0.0442. The van der Waals surface area contributed by atoms with E-state index in [1.54, 1.807) is 19.1 Å². The number of benzene rings is 1. The molecule has 1 saturated carbocycles. The molecule has 1 aliphatic carbocycles. The zero-order valence-corrected chi connectivity index (χ0v) is 12.2. The third kappa shape index (κ3) is 2.38. The SMILES string of the molecule is CCC1CCC(C#N)(C(C)(O)c2ccc(Cl)cc2)C1. The zero-order chi connectivity index (χ0) is 14.1. The van der Waals surface area contributed by atoms with Crippen molar-refractivity contribution in [2.24, 2.45) is 11.3 Å². The van der Waals surface area contributed by atoms with Crippen molar-refractivity contribution in [1.82, 2.24) is 0 Å². The summed E-state index contributed by atoms with van der Waals surface area (Å²) in [7, 11) is 0. The second kappa shape index (κ2) is 5.15. The molecule has 0 bridgehead atoms. The molecule has 3 atom stereocenters. The fourth-order valence-corrected chi connectivity index (χ4v) is 3.33. The molecule has 1 fully saturated rings. The van der Waals surface area contributed by atoms with Gasteiger partial charge in [-0.25, -0.2) is 0 Å². The number of aliphatic hydroxyl groups is 1. The topological polar surface area (TPSA) is 44.0 Å². The van der Waals surface area contributed by atoms with E-state index in [0.717, 1.165) is 31.2 Å². The number of hydrogen-bond acceptors (Lipinski definition) is 2. The monoisotopic (exact) mass is 277 g/mol. The van der Waals surface area contributed by atoms with E-state index in [1.807, 2.05) is 12.1 Å². The smallest absolute Gasteiger partial charge is 0.105 e. The normalized spacial score (nSPS) is 29.7. The summed E-state index contributed by atoms with van der Waals surface area (Å²) in [6.07, 6.45) is 3.63.